The first-order valence-corrected chi connectivity index (χ1v) is 10.6. The van der Waals surface area contributed by atoms with Crippen molar-refractivity contribution in [1.82, 2.24) is 0 Å². The van der Waals surface area contributed by atoms with Crippen molar-refractivity contribution in [3.8, 4) is 12.8 Å². The number of pyridine rings is 1. The van der Waals surface area contributed by atoms with Crippen LogP contribution in [0.4, 0.5) is 0 Å². The van der Waals surface area contributed by atoms with Crippen molar-refractivity contribution in [3.05, 3.63) is 67.9 Å². The van der Waals surface area contributed by atoms with Gasteiger partial charge >= 0.3 is 0 Å². The predicted octanol–water partition coefficient (Wildman–Crippen LogP) is 7.25. The van der Waals surface area contributed by atoms with Crippen LogP contribution in [0.5, 0.6) is 0 Å². The van der Waals surface area contributed by atoms with Crippen molar-refractivity contribution in [2.45, 2.75) is 84.5 Å². The second-order valence-corrected chi connectivity index (χ2v) is 7.52. The molecule has 0 aromatic carbocycles. The van der Waals surface area contributed by atoms with Crippen LogP contribution in [0, 0.1) is 27.7 Å². The summed E-state index contributed by atoms with van der Waals surface area (Å²) in [4.78, 5) is 0. The number of rotatable bonds is 1. The van der Waals surface area contributed by atoms with Gasteiger partial charge in [0.2, 0.25) is 5.69 Å². The Morgan fingerprint density at radius 3 is 2.13 bits per heavy atom. The smallest absolute Gasteiger partial charge is 0.214 e. The average Bonchev–Trinajstić information content (AvgIpc) is 3.49. The molecule has 1 saturated heterocycles. The summed E-state index contributed by atoms with van der Waals surface area (Å²) >= 11 is 0. The molecular weight excluding hydrogens is 563 g/mol. The topological polar surface area (TPSA) is 40.2 Å². The first kappa shape index (κ1) is 34.4. The monoisotopic (exact) mass is 607 g/mol. The van der Waals surface area contributed by atoms with E-state index in [9.17, 15) is 0 Å². The van der Waals surface area contributed by atoms with Crippen LogP contribution in [-0.2, 0) is 32.8 Å². The molecule has 0 amide bonds. The molecule has 1 N–H and O–H groups in total. The molecule has 2 fully saturated rings. The molecule has 2 aliphatic carbocycles. The van der Waals surface area contributed by atoms with E-state index < -0.39 is 0 Å². The fourth-order valence-electron chi connectivity index (χ4n) is 3.78. The van der Waals surface area contributed by atoms with Crippen LogP contribution >= 0.6 is 0 Å². The number of fused-ring (bicyclic) bond motifs is 3. The Morgan fingerprint density at radius 1 is 1.13 bits per heavy atom. The van der Waals surface area contributed by atoms with Gasteiger partial charge in [0.25, 0.3) is 0 Å². The van der Waals surface area contributed by atoms with E-state index in [0.29, 0.717) is 6.10 Å². The minimum absolute atomic E-state index is 0. The number of hydrogen-bond acceptors (Lipinski definition) is 1. The van der Waals surface area contributed by atoms with Gasteiger partial charge in [-0.3, -0.25) is 0 Å². The van der Waals surface area contributed by atoms with Crippen LogP contribution in [0.2, 0.25) is 0 Å². The second-order valence-electron chi connectivity index (χ2n) is 7.52. The molecule has 180 valence electrons. The SMILES string of the molecule is C#C.C/C=C\C1=C(C)c2c(ccc[n+]2C)C2OC12.CCC.[CH3-].[CH3-].[NH-]C1CCCCC1.[Pt]. The van der Waals surface area contributed by atoms with E-state index >= 15 is 0 Å². The fraction of sp³-hybridized carbons (Fsp3) is 0.519. The molecule has 4 rings (SSSR count). The number of allylic oxidation sites excluding steroid dienone is 2. The molecule has 0 bridgehead atoms. The van der Waals surface area contributed by atoms with Crippen molar-refractivity contribution in [2.24, 2.45) is 7.05 Å². The summed E-state index contributed by atoms with van der Waals surface area (Å²) < 4.78 is 7.96. The van der Waals surface area contributed by atoms with Crippen LogP contribution in [0.15, 0.2) is 36.1 Å². The summed E-state index contributed by atoms with van der Waals surface area (Å²) in [6.07, 6.45) is 22.5. The largest absolute Gasteiger partial charge is 0.675 e. The van der Waals surface area contributed by atoms with E-state index in [2.05, 4.69) is 82.6 Å². The quantitative estimate of drug-likeness (QED) is 0.144. The Bertz CT molecular complexity index is 688. The molecule has 3 aliphatic rings. The minimum atomic E-state index is 0. The molecule has 31 heavy (non-hydrogen) atoms. The number of nitrogens with one attached hydrogen (secondary N) is 1. The van der Waals surface area contributed by atoms with Crippen molar-refractivity contribution in [2.75, 3.05) is 0 Å². The summed E-state index contributed by atoms with van der Waals surface area (Å²) in [5, 5.41) is 0. The van der Waals surface area contributed by atoms with Crippen LogP contribution in [0.1, 0.15) is 83.6 Å². The molecule has 1 aliphatic heterocycles. The van der Waals surface area contributed by atoms with Gasteiger partial charge in [-0.2, -0.15) is 0 Å². The maximum atomic E-state index is 7.27. The van der Waals surface area contributed by atoms with Crippen molar-refractivity contribution in [3.63, 3.8) is 0 Å². The van der Waals surface area contributed by atoms with E-state index in [-0.39, 0.29) is 48.1 Å². The summed E-state index contributed by atoms with van der Waals surface area (Å²) in [6, 6.07) is 4.55. The molecule has 4 heteroatoms. The van der Waals surface area contributed by atoms with Gasteiger partial charge in [-0.1, -0.05) is 64.5 Å². The number of ether oxygens (including phenoxy) is 1. The van der Waals surface area contributed by atoms with E-state index in [1.807, 2.05) is 0 Å². The number of nitrogens with zero attached hydrogens (tertiary/aromatic N) is 1. The molecule has 1 aromatic rings. The Kier molecular flexibility index (Phi) is 20.4. The number of hydrogen-bond donors (Lipinski definition) is 0. The molecule has 0 radical (unpaired) electrons. The Morgan fingerprint density at radius 2 is 1.68 bits per heavy atom. The zero-order valence-corrected chi connectivity index (χ0v) is 23.0. The molecule has 2 unspecified atom stereocenters. The van der Waals surface area contributed by atoms with Crippen LogP contribution in [-0.4, -0.2) is 12.1 Å². The van der Waals surface area contributed by atoms with E-state index in [4.69, 9.17) is 10.5 Å². The summed E-state index contributed by atoms with van der Waals surface area (Å²) in [6.45, 7) is 8.49. The molecule has 2 atom stereocenters. The first-order chi connectivity index (χ1) is 13.5. The minimum Gasteiger partial charge on any atom is -0.675 e. The summed E-state index contributed by atoms with van der Waals surface area (Å²) in [5.74, 6) is 0. The Hall–Kier alpha value is -1.20. The summed E-state index contributed by atoms with van der Waals surface area (Å²) in [5.41, 5.74) is 12.6. The third kappa shape index (κ3) is 9.86. The maximum absolute atomic E-state index is 7.27. The molecular formula is C27H44N2OPt-2. The van der Waals surface area contributed by atoms with E-state index in [0.717, 1.165) is 12.8 Å². The maximum Gasteiger partial charge on any atom is 0.214 e. The Balaban J connectivity index is -0.000000447. The average molecular weight is 608 g/mol. The normalized spacial score (nSPS) is 20.3. The van der Waals surface area contributed by atoms with Gasteiger partial charge < -0.3 is 25.3 Å². The van der Waals surface area contributed by atoms with Crippen LogP contribution in [0.3, 0.4) is 0 Å². The van der Waals surface area contributed by atoms with E-state index in [1.54, 1.807) is 0 Å². The van der Waals surface area contributed by atoms with E-state index in [1.165, 1.54) is 48.1 Å². The van der Waals surface area contributed by atoms with Crippen molar-refractivity contribution in [1.29, 1.82) is 0 Å². The van der Waals surface area contributed by atoms with Crippen molar-refractivity contribution < 1.29 is 30.4 Å². The van der Waals surface area contributed by atoms with Gasteiger partial charge in [0, 0.05) is 32.7 Å². The fourth-order valence-corrected chi connectivity index (χ4v) is 3.78. The van der Waals surface area contributed by atoms with Crippen LogP contribution in [0.25, 0.3) is 11.3 Å². The number of epoxide rings is 1. The van der Waals surface area contributed by atoms with Gasteiger partial charge in [-0.05, 0) is 25.5 Å². The number of terminal acetylenes is 1. The molecule has 1 saturated carbocycles. The zero-order chi connectivity index (χ0) is 21.1. The number of aromatic nitrogens is 1. The van der Waals surface area contributed by atoms with Crippen molar-refractivity contribution >= 4 is 5.57 Å². The zero-order valence-electron chi connectivity index (χ0n) is 20.7. The molecule has 1 aromatic heterocycles. The van der Waals surface area contributed by atoms with Gasteiger partial charge in [0.15, 0.2) is 6.20 Å². The second kappa shape index (κ2) is 18.4. The standard InChI is InChI=1S/C14H16NO.C6H12N.C3H8.C2H2.2CH3.Pt/c1-4-6-10-9(2)12-11(14-13(10)16-14)7-5-8-15(12)3;7-6-4-2-1-3-5-6;1-3-2;1-2;;;/h4-8,13-14H,1-3H3;6-7H,1-5H2;3H2,1-2H3;1-2H;2*1H3;/q+1;-1;;;2*-1;/b6-4-;;;;;;. The van der Waals surface area contributed by atoms with Gasteiger partial charge in [-0.15, -0.1) is 18.9 Å². The third-order valence-corrected chi connectivity index (χ3v) is 5.06. The van der Waals surface area contributed by atoms with Gasteiger partial charge in [0.1, 0.15) is 19.3 Å². The Labute approximate surface area is 207 Å². The molecule has 3 nitrogen and oxygen atoms in total. The molecule has 0 spiro atoms. The first-order valence-electron chi connectivity index (χ1n) is 10.6. The van der Waals surface area contributed by atoms with Gasteiger partial charge in [-0.25, -0.2) is 4.57 Å². The summed E-state index contributed by atoms with van der Waals surface area (Å²) in [7, 11) is 2.10. The number of aryl methyl sites for hydroxylation is 1. The van der Waals surface area contributed by atoms with Crippen LogP contribution < -0.4 is 4.57 Å². The van der Waals surface area contributed by atoms with Gasteiger partial charge in [0.05, 0.1) is 5.56 Å². The molecule has 2 heterocycles. The predicted molar refractivity (Wildman–Crippen MR) is 133 cm³/mol. The third-order valence-electron chi connectivity index (χ3n) is 5.06.